The molecule has 0 aliphatic rings. The first-order chi connectivity index (χ1) is 15.4. The van der Waals surface area contributed by atoms with E-state index in [1.807, 2.05) is 6.92 Å². The van der Waals surface area contributed by atoms with Crippen LogP contribution in [0, 0.1) is 5.82 Å². The minimum Gasteiger partial charge on any atom is -0.326 e. The molecule has 10 heteroatoms. The van der Waals surface area contributed by atoms with Crippen LogP contribution >= 0.6 is 11.8 Å². The Kier molecular flexibility index (Phi) is 7.72. The molecule has 0 radical (unpaired) electrons. The summed E-state index contributed by atoms with van der Waals surface area (Å²) in [5, 5.41) is 14.2. The van der Waals surface area contributed by atoms with Gasteiger partial charge in [0.15, 0.2) is 10.9 Å². The van der Waals surface area contributed by atoms with Crippen molar-refractivity contribution in [1.29, 1.82) is 0 Å². The molecule has 0 saturated heterocycles. The summed E-state index contributed by atoms with van der Waals surface area (Å²) in [5.41, 5.74) is 1.65. The van der Waals surface area contributed by atoms with Gasteiger partial charge in [-0.3, -0.25) is 14.4 Å². The SMILES string of the molecule is CCn1c(CC(=O)Nc2ccc(F)cc2)nnc1SCC(=O)Nc1ccc(C(C)=O)cc1. The minimum absolute atomic E-state index is 0.00648. The zero-order chi connectivity index (χ0) is 23.1. The molecule has 0 atom stereocenters. The van der Waals surface area contributed by atoms with Crippen molar-refractivity contribution >= 4 is 40.7 Å². The van der Waals surface area contributed by atoms with Gasteiger partial charge in [-0.1, -0.05) is 11.8 Å². The number of nitrogens with one attached hydrogen (secondary N) is 2. The van der Waals surface area contributed by atoms with E-state index in [0.29, 0.717) is 34.5 Å². The van der Waals surface area contributed by atoms with Crippen molar-refractivity contribution < 1.29 is 18.8 Å². The molecule has 0 fully saturated rings. The molecule has 32 heavy (non-hydrogen) atoms. The molecule has 166 valence electrons. The third-order valence-corrected chi connectivity index (χ3v) is 5.43. The third kappa shape index (κ3) is 6.24. The maximum Gasteiger partial charge on any atom is 0.234 e. The highest BCUT2D eigenvalue weighted by atomic mass is 32.2. The Balaban J connectivity index is 1.55. The summed E-state index contributed by atoms with van der Waals surface area (Å²) < 4.78 is 14.8. The van der Waals surface area contributed by atoms with E-state index in [1.54, 1.807) is 28.8 Å². The fraction of sp³-hybridized carbons (Fsp3) is 0.227. The molecule has 0 aliphatic carbocycles. The number of anilines is 2. The number of carbonyl (C=O) groups is 3. The van der Waals surface area contributed by atoms with Crippen LogP contribution in [-0.4, -0.2) is 38.1 Å². The van der Waals surface area contributed by atoms with Gasteiger partial charge in [-0.15, -0.1) is 10.2 Å². The summed E-state index contributed by atoms with van der Waals surface area (Å²) in [5.74, 6) is -0.385. The average molecular weight is 456 g/mol. The quantitative estimate of drug-likeness (QED) is 0.378. The third-order valence-electron chi connectivity index (χ3n) is 4.46. The summed E-state index contributed by atoms with van der Waals surface area (Å²) in [6.07, 6.45) is -0.00648. The summed E-state index contributed by atoms with van der Waals surface area (Å²) in [6, 6.07) is 12.1. The summed E-state index contributed by atoms with van der Waals surface area (Å²) in [7, 11) is 0. The number of hydrogen-bond donors (Lipinski definition) is 2. The van der Waals surface area contributed by atoms with Gasteiger partial charge in [-0.25, -0.2) is 4.39 Å². The molecule has 1 heterocycles. The molecule has 3 aromatic rings. The Morgan fingerprint density at radius 3 is 2.12 bits per heavy atom. The van der Waals surface area contributed by atoms with Crippen molar-refractivity contribution in [2.75, 3.05) is 16.4 Å². The van der Waals surface area contributed by atoms with Crippen molar-refractivity contribution in [3.05, 3.63) is 65.7 Å². The molecule has 2 aromatic carbocycles. The lowest BCUT2D eigenvalue weighted by molar-refractivity contribution is -0.116. The van der Waals surface area contributed by atoms with Crippen molar-refractivity contribution in [2.24, 2.45) is 0 Å². The van der Waals surface area contributed by atoms with Gasteiger partial charge in [0.25, 0.3) is 0 Å². The number of thioether (sulfide) groups is 1. The highest BCUT2D eigenvalue weighted by molar-refractivity contribution is 7.99. The number of halogens is 1. The van der Waals surface area contributed by atoms with E-state index in [1.165, 1.54) is 43.0 Å². The van der Waals surface area contributed by atoms with Crippen LogP contribution in [0.5, 0.6) is 0 Å². The van der Waals surface area contributed by atoms with Gasteiger partial charge in [0.1, 0.15) is 11.6 Å². The van der Waals surface area contributed by atoms with Crippen LogP contribution in [-0.2, 0) is 22.6 Å². The highest BCUT2D eigenvalue weighted by Crippen LogP contribution is 2.19. The van der Waals surface area contributed by atoms with E-state index in [2.05, 4.69) is 20.8 Å². The molecule has 0 bridgehead atoms. The smallest absolute Gasteiger partial charge is 0.234 e. The number of benzene rings is 2. The first-order valence-corrected chi connectivity index (χ1v) is 10.9. The number of hydrogen-bond acceptors (Lipinski definition) is 6. The standard InChI is InChI=1S/C22H22FN5O3S/c1-3-28-19(12-20(30)24-18-10-6-16(23)7-11-18)26-27-22(28)32-13-21(31)25-17-8-4-15(5-9-17)14(2)29/h4-11H,3,12-13H2,1-2H3,(H,24,30)(H,25,31). The topological polar surface area (TPSA) is 106 Å². The van der Waals surface area contributed by atoms with Crippen LogP contribution in [0.3, 0.4) is 0 Å². The Labute approximate surface area is 188 Å². The molecule has 0 spiro atoms. The molecule has 2 amide bonds. The maximum atomic E-state index is 13.0. The molecule has 3 rings (SSSR count). The molecular weight excluding hydrogens is 433 g/mol. The zero-order valence-electron chi connectivity index (χ0n) is 17.6. The molecule has 2 N–H and O–H groups in total. The molecule has 0 saturated carbocycles. The van der Waals surface area contributed by atoms with E-state index < -0.39 is 0 Å². The predicted molar refractivity (Wildman–Crippen MR) is 120 cm³/mol. The first-order valence-electron chi connectivity index (χ1n) is 9.87. The first kappa shape index (κ1) is 23.1. The number of rotatable bonds is 9. The number of ketones is 1. The Morgan fingerprint density at radius 2 is 1.53 bits per heavy atom. The number of Topliss-reactive ketones (excluding diaryl/α,β-unsaturated/α-hetero) is 1. The van der Waals surface area contributed by atoms with Crippen LogP contribution < -0.4 is 10.6 Å². The van der Waals surface area contributed by atoms with Gasteiger partial charge >= 0.3 is 0 Å². The largest absolute Gasteiger partial charge is 0.326 e. The van der Waals surface area contributed by atoms with Crippen LogP contribution in [0.25, 0.3) is 0 Å². The van der Waals surface area contributed by atoms with Crippen molar-refractivity contribution in [1.82, 2.24) is 14.8 Å². The second-order valence-corrected chi connectivity index (χ2v) is 7.79. The van der Waals surface area contributed by atoms with Gasteiger partial charge in [-0.2, -0.15) is 0 Å². The highest BCUT2D eigenvalue weighted by Gasteiger charge is 2.16. The summed E-state index contributed by atoms with van der Waals surface area (Å²) in [6.45, 7) is 3.91. The summed E-state index contributed by atoms with van der Waals surface area (Å²) >= 11 is 1.21. The lowest BCUT2D eigenvalue weighted by Crippen LogP contribution is -2.18. The average Bonchev–Trinajstić information content (AvgIpc) is 3.15. The number of amides is 2. The Morgan fingerprint density at radius 1 is 0.938 bits per heavy atom. The maximum absolute atomic E-state index is 13.0. The molecular formula is C22H22FN5O3S. The van der Waals surface area contributed by atoms with Gasteiger partial charge in [-0.05, 0) is 62.4 Å². The molecule has 0 unspecified atom stereocenters. The van der Waals surface area contributed by atoms with E-state index in [9.17, 15) is 18.8 Å². The van der Waals surface area contributed by atoms with E-state index >= 15 is 0 Å². The lowest BCUT2D eigenvalue weighted by atomic mass is 10.1. The van der Waals surface area contributed by atoms with Gasteiger partial charge < -0.3 is 15.2 Å². The monoisotopic (exact) mass is 455 g/mol. The van der Waals surface area contributed by atoms with E-state index in [4.69, 9.17) is 0 Å². The zero-order valence-corrected chi connectivity index (χ0v) is 18.4. The van der Waals surface area contributed by atoms with Gasteiger partial charge in [0, 0.05) is 23.5 Å². The normalized spacial score (nSPS) is 10.6. The van der Waals surface area contributed by atoms with Crippen LogP contribution in [0.2, 0.25) is 0 Å². The van der Waals surface area contributed by atoms with Crippen molar-refractivity contribution in [2.45, 2.75) is 32.0 Å². The number of aromatic nitrogens is 3. The van der Waals surface area contributed by atoms with E-state index in [0.717, 1.165) is 0 Å². The fourth-order valence-corrected chi connectivity index (χ4v) is 3.69. The fourth-order valence-electron chi connectivity index (χ4n) is 2.87. The lowest BCUT2D eigenvalue weighted by Gasteiger charge is -2.09. The van der Waals surface area contributed by atoms with Gasteiger partial charge in [0.2, 0.25) is 11.8 Å². The molecule has 1 aromatic heterocycles. The van der Waals surface area contributed by atoms with Crippen LogP contribution in [0.15, 0.2) is 53.7 Å². The minimum atomic E-state index is -0.382. The van der Waals surface area contributed by atoms with Crippen LogP contribution in [0.1, 0.15) is 30.0 Å². The number of carbonyl (C=O) groups excluding carboxylic acids is 3. The van der Waals surface area contributed by atoms with E-state index in [-0.39, 0.29) is 35.6 Å². The molecule has 0 aliphatic heterocycles. The van der Waals surface area contributed by atoms with Crippen molar-refractivity contribution in [3.8, 4) is 0 Å². The Bertz CT molecular complexity index is 1110. The van der Waals surface area contributed by atoms with Crippen molar-refractivity contribution in [3.63, 3.8) is 0 Å². The predicted octanol–water partition coefficient (Wildman–Crippen LogP) is 3.55. The Hall–Kier alpha value is -3.53. The van der Waals surface area contributed by atoms with Crippen LogP contribution in [0.4, 0.5) is 15.8 Å². The second-order valence-electron chi connectivity index (χ2n) is 6.85. The summed E-state index contributed by atoms with van der Waals surface area (Å²) in [4.78, 5) is 35.9. The molecule has 8 nitrogen and oxygen atoms in total. The second kappa shape index (κ2) is 10.7. The van der Waals surface area contributed by atoms with Gasteiger partial charge in [0.05, 0.1) is 12.2 Å². The number of nitrogens with zero attached hydrogens (tertiary/aromatic N) is 3.